The lowest BCUT2D eigenvalue weighted by molar-refractivity contribution is -0.127. The van der Waals surface area contributed by atoms with Crippen LogP contribution in [-0.2, 0) is 20.8 Å². The molecule has 3 amide bonds. The predicted octanol–water partition coefficient (Wildman–Crippen LogP) is -0.404. The Morgan fingerprint density at radius 2 is 1.90 bits per heavy atom. The molecule has 0 radical (unpaired) electrons. The molecule has 0 unspecified atom stereocenters. The molecule has 0 bridgehead atoms. The molecule has 0 aromatic heterocycles. The fourth-order valence-corrected chi connectivity index (χ4v) is 1.55. The molecule has 0 heterocycles. The van der Waals surface area contributed by atoms with Crippen molar-refractivity contribution in [2.24, 2.45) is 0 Å². The van der Waals surface area contributed by atoms with Crippen molar-refractivity contribution in [1.82, 2.24) is 16.0 Å². The molecule has 20 heavy (non-hydrogen) atoms. The van der Waals surface area contributed by atoms with Gasteiger partial charge >= 0.3 is 0 Å². The van der Waals surface area contributed by atoms with Crippen LogP contribution < -0.4 is 16.0 Å². The van der Waals surface area contributed by atoms with Gasteiger partial charge in [-0.05, 0) is 18.9 Å². The van der Waals surface area contributed by atoms with Gasteiger partial charge in [0.1, 0.15) is 6.04 Å². The molecule has 3 N–H and O–H groups in total. The van der Waals surface area contributed by atoms with Crippen molar-refractivity contribution in [3.8, 4) is 0 Å². The highest BCUT2D eigenvalue weighted by atomic mass is 16.2. The smallest absolute Gasteiger partial charge is 0.242 e. The van der Waals surface area contributed by atoms with Crippen molar-refractivity contribution >= 4 is 18.2 Å². The molecule has 6 nitrogen and oxygen atoms in total. The maximum Gasteiger partial charge on any atom is 0.242 e. The summed E-state index contributed by atoms with van der Waals surface area (Å²) in [5.41, 5.74) is 1.14. The Hall–Kier alpha value is -2.37. The van der Waals surface area contributed by atoms with Crippen LogP contribution in [0.4, 0.5) is 0 Å². The topological polar surface area (TPSA) is 87.3 Å². The highest BCUT2D eigenvalue weighted by Crippen LogP contribution is 1.97. The molecule has 0 aliphatic carbocycles. The van der Waals surface area contributed by atoms with E-state index in [4.69, 9.17) is 0 Å². The Morgan fingerprint density at radius 1 is 1.20 bits per heavy atom. The minimum absolute atomic E-state index is 0.0987. The van der Waals surface area contributed by atoms with Crippen molar-refractivity contribution in [2.45, 2.75) is 19.4 Å². The van der Waals surface area contributed by atoms with Crippen LogP contribution in [0.5, 0.6) is 0 Å². The largest absolute Gasteiger partial charge is 0.354 e. The predicted molar refractivity (Wildman–Crippen MR) is 74.8 cm³/mol. The summed E-state index contributed by atoms with van der Waals surface area (Å²) in [5.74, 6) is -0.650. The van der Waals surface area contributed by atoms with Gasteiger partial charge in [0.25, 0.3) is 0 Å². The van der Waals surface area contributed by atoms with Crippen LogP contribution in [0, 0.1) is 0 Å². The number of hydrogen-bond acceptors (Lipinski definition) is 3. The lowest BCUT2D eigenvalue weighted by Crippen LogP contribution is -2.45. The van der Waals surface area contributed by atoms with Crippen molar-refractivity contribution in [2.75, 3.05) is 13.1 Å². The van der Waals surface area contributed by atoms with Gasteiger partial charge in [0.2, 0.25) is 18.2 Å². The van der Waals surface area contributed by atoms with Crippen molar-refractivity contribution in [3.05, 3.63) is 35.9 Å². The van der Waals surface area contributed by atoms with E-state index < -0.39 is 11.9 Å². The second-order valence-electron chi connectivity index (χ2n) is 4.31. The van der Waals surface area contributed by atoms with E-state index in [9.17, 15) is 14.4 Å². The monoisotopic (exact) mass is 277 g/mol. The first-order valence-electron chi connectivity index (χ1n) is 6.41. The lowest BCUT2D eigenvalue weighted by Gasteiger charge is -2.11. The SMILES string of the molecule is C[C@H](NC=O)C(=O)NCC(=O)NCCc1ccccc1. The lowest BCUT2D eigenvalue weighted by atomic mass is 10.1. The molecule has 1 aromatic carbocycles. The zero-order valence-corrected chi connectivity index (χ0v) is 11.4. The molecule has 0 aliphatic heterocycles. The summed E-state index contributed by atoms with van der Waals surface area (Å²) in [4.78, 5) is 33.1. The summed E-state index contributed by atoms with van der Waals surface area (Å²) >= 11 is 0. The van der Waals surface area contributed by atoms with E-state index in [1.54, 1.807) is 0 Å². The molecule has 1 aromatic rings. The summed E-state index contributed by atoms with van der Waals surface area (Å²) in [6, 6.07) is 9.15. The van der Waals surface area contributed by atoms with Crippen LogP contribution >= 0.6 is 0 Å². The minimum Gasteiger partial charge on any atom is -0.354 e. The van der Waals surface area contributed by atoms with Crippen LogP contribution in [0.1, 0.15) is 12.5 Å². The molecule has 0 spiro atoms. The number of amides is 3. The molecule has 1 atom stereocenters. The number of carbonyl (C=O) groups excluding carboxylic acids is 3. The van der Waals surface area contributed by atoms with Gasteiger partial charge in [0.05, 0.1) is 6.54 Å². The van der Waals surface area contributed by atoms with Gasteiger partial charge in [-0.2, -0.15) is 0 Å². The van der Waals surface area contributed by atoms with E-state index in [0.717, 1.165) is 12.0 Å². The van der Waals surface area contributed by atoms with Gasteiger partial charge in [-0.25, -0.2) is 0 Å². The summed E-state index contributed by atoms with van der Waals surface area (Å²) < 4.78 is 0. The molecule has 0 saturated carbocycles. The van der Waals surface area contributed by atoms with Crippen LogP contribution in [-0.4, -0.2) is 37.4 Å². The second kappa shape index (κ2) is 8.68. The summed E-state index contributed by atoms with van der Waals surface area (Å²) in [5, 5.41) is 7.47. The minimum atomic E-state index is -0.649. The van der Waals surface area contributed by atoms with Gasteiger partial charge in [0.15, 0.2) is 0 Å². The molecule has 0 saturated heterocycles. The Balaban J connectivity index is 2.17. The standard InChI is InChI=1S/C14H19N3O3/c1-11(17-10-18)14(20)16-9-13(19)15-8-7-12-5-3-2-4-6-12/h2-6,10-11H,7-9H2,1H3,(H,15,19)(H,16,20)(H,17,18)/t11-/m0/s1. The van der Waals surface area contributed by atoms with E-state index in [-0.39, 0.29) is 12.5 Å². The molecule has 0 fully saturated rings. The molecule has 6 heteroatoms. The normalized spacial score (nSPS) is 11.2. The number of rotatable bonds is 8. The average molecular weight is 277 g/mol. The van der Waals surface area contributed by atoms with Gasteiger partial charge in [-0.3, -0.25) is 14.4 Å². The zero-order valence-electron chi connectivity index (χ0n) is 11.4. The Labute approximate surface area is 117 Å². The fourth-order valence-electron chi connectivity index (χ4n) is 1.55. The quantitative estimate of drug-likeness (QED) is 0.565. The van der Waals surface area contributed by atoms with Crippen LogP contribution in [0.25, 0.3) is 0 Å². The molecular formula is C14H19N3O3. The number of nitrogens with one attached hydrogen (secondary N) is 3. The number of benzene rings is 1. The van der Waals surface area contributed by atoms with Crippen LogP contribution in [0.3, 0.4) is 0 Å². The van der Waals surface area contributed by atoms with E-state index in [1.165, 1.54) is 6.92 Å². The maximum atomic E-state index is 11.5. The fraction of sp³-hybridized carbons (Fsp3) is 0.357. The summed E-state index contributed by atoms with van der Waals surface area (Å²) in [7, 11) is 0. The first-order chi connectivity index (χ1) is 9.63. The van der Waals surface area contributed by atoms with E-state index in [1.807, 2.05) is 30.3 Å². The number of carbonyl (C=O) groups is 3. The summed E-state index contributed by atoms with van der Waals surface area (Å²) in [6.07, 6.45) is 1.19. The highest BCUT2D eigenvalue weighted by molar-refractivity contribution is 5.88. The first kappa shape index (κ1) is 15.7. The Morgan fingerprint density at radius 3 is 2.55 bits per heavy atom. The third-order valence-corrected chi connectivity index (χ3v) is 2.71. The summed E-state index contributed by atoms with van der Waals surface area (Å²) in [6.45, 7) is 1.95. The second-order valence-corrected chi connectivity index (χ2v) is 4.31. The zero-order chi connectivity index (χ0) is 14.8. The van der Waals surface area contributed by atoms with E-state index in [2.05, 4.69) is 16.0 Å². The number of hydrogen-bond donors (Lipinski definition) is 3. The van der Waals surface area contributed by atoms with Crippen molar-refractivity contribution in [1.29, 1.82) is 0 Å². The highest BCUT2D eigenvalue weighted by Gasteiger charge is 2.12. The third kappa shape index (κ3) is 5.99. The molecule has 0 aliphatic rings. The van der Waals surface area contributed by atoms with Crippen LogP contribution in [0.15, 0.2) is 30.3 Å². The molecular weight excluding hydrogens is 258 g/mol. The Kier molecular flexibility index (Phi) is 6.81. The third-order valence-electron chi connectivity index (χ3n) is 2.71. The van der Waals surface area contributed by atoms with Crippen molar-refractivity contribution in [3.63, 3.8) is 0 Å². The van der Waals surface area contributed by atoms with Crippen LogP contribution in [0.2, 0.25) is 0 Å². The van der Waals surface area contributed by atoms with Gasteiger partial charge in [-0.15, -0.1) is 0 Å². The molecule has 1 rings (SSSR count). The Bertz CT molecular complexity index is 448. The van der Waals surface area contributed by atoms with Gasteiger partial charge < -0.3 is 16.0 Å². The van der Waals surface area contributed by atoms with E-state index >= 15 is 0 Å². The first-order valence-corrected chi connectivity index (χ1v) is 6.41. The average Bonchev–Trinajstić information content (AvgIpc) is 2.46. The molecule has 108 valence electrons. The van der Waals surface area contributed by atoms with Crippen molar-refractivity contribution < 1.29 is 14.4 Å². The maximum absolute atomic E-state index is 11.5. The van der Waals surface area contributed by atoms with E-state index in [0.29, 0.717) is 13.0 Å². The van der Waals surface area contributed by atoms with Gasteiger partial charge in [-0.1, -0.05) is 30.3 Å². The van der Waals surface area contributed by atoms with Gasteiger partial charge in [0, 0.05) is 6.54 Å².